The Morgan fingerprint density at radius 1 is 1.33 bits per heavy atom. The first-order chi connectivity index (χ1) is 10.1. The molecule has 0 aliphatic carbocycles. The average Bonchev–Trinajstić information content (AvgIpc) is 2.48. The number of nitrogens with zero attached hydrogens (tertiary/aromatic N) is 2. The normalized spacial score (nSPS) is 10.6. The molecule has 1 aromatic carbocycles. The number of hydrogen-bond acceptors (Lipinski definition) is 4. The lowest BCUT2D eigenvalue weighted by Crippen LogP contribution is -2.24. The van der Waals surface area contributed by atoms with E-state index in [0.717, 1.165) is 23.2 Å². The van der Waals surface area contributed by atoms with E-state index in [2.05, 4.69) is 5.10 Å². The van der Waals surface area contributed by atoms with Crippen LogP contribution in [0.25, 0.3) is 5.69 Å². The maximum atomic E-state index is 11.8. The Balaban J connectivity index is 2.64. The zero-order chi connectivity index (χ0) is 15.4. The van der Waals surface area contributed by atoms with Crippen molar-refractivity contribution >= 4 is 17.7 Å². The predicted molar refractivity (Wildman–Crippen MR) is 82.6 cm³/mol. The molecule has 0 saturated carbocycles. The summed E-state index contributed by atoms with van der Waals surface area (Å²) in [4.78, 5) is 24.2. The molecule has 0 bridgehead atoms. The number of thioether (sulfide) groups is 1. The fraction of sp³-hybridized carbons (Fsp3) is 0.267. The smallest absolute Gasteiger partial charge is 0.341 e. The minimum Gasteiger partial charge on any atom is -0.477 e. The lowest BCUT2D eigenvalue weighted by molar-refractivity contribution is 0.0693. The molecular weight excluding hydrogens is 288 g/mol. The summed E-state index contributed by atoms with van der Waals surface area (Å²) in [6.45, 7) is 1.93. The van der Waals surface area contributed by atoms with Gasteiger partial charge in [0.15, 0.2) is 0 Å². The van der Waals surface area contributed by atoms with Crippen molar-refractivity contribution in [3.8, 4) is 5.69 Å². The third-order valence-electron chi connectivity index (χ3n) is 3.10. The molecule has 21 heavy (non-hydrogen) atoms. The van der Waals surface area contributed by atoms with E-state index >= 15 is 0 Å². The topological polar surface area (TPSA) is 72.2 Å². The zero-order valence-corrected chi connectivity index (χ0v) is 12.7. The summed E-state index contributed by atoms with van der Waals surface area (Å²) in [6.07, 6.45) is 4.26. The van der Waals surface area contributed by atoms with Gasteiger partial charge in [-0.3, -0.25) is 4.79 Å². The van der Waals surface area contributed by atoms with Crippen LogP contribution >= 0.6 is 11.8 Å². The number of aromatic nitrogens is 2. The average molecular weight is 304 g/mol. The van der Waals surface area contributed by atoms with Crippen molar-refractivity contribution in [2.75, 3.05) is 6.26 Å². The lowest BCUT2D eigenvalue weighted by atomic mass is 10.1. The van der Waals surface area contributed by atoms with E-state index in [1.807, 2.05) is 37.4 Å². The van der Waals surface area contributed by atoms with E-state index in [0.29, 0.717) is 12.1 Å². The van der Waals surface area contributed by atoms with Gasteiger partial charge < -0.3 is 5.11 Å². The fourth-order valence-corrected chi connectivity index (χ4v) is 2.54. The van der Waals surface area contributed by atoms with Crippen LogP contribution in [0.3, 0.4) is 0 Å². The number of carboxylic acid groups (broad SMARTS) is 1. The quantitative estimate of drug-likeness (QED) is 0.860. The summed E-state index contributed by atoms with van der Waals surface area (Å²) in [5.41, 5.74) is 0.442. The molecule has 0 saturated heterocycles. The van der Waals surface area contributed by atoms with E-state index in [9.17, 15) is 14.7 Å². The Hall–Kier alpha value is -2.08. The molecule has 0 unspecified atom stereocenters. The van der Waals surface area contributed by atoms with Crippen molar-refractivity contribution < 1.29 is 9.90 Å². The van der Waals surface area contributed by atoms with Gasteiger partial charge in [-0.2, -0.15) is 5.10 Å². The molecule has 0 fully saturated rings. The van der Waals surface area contributed by atoms with Crippen molar-refractivity contribution in [1.29, 1.82) is 0 Å². The van der Waals surface area contributed by atoms with Crippen LogP contribution in [0.4, 0.5) is 0 Å². The number of aromatic carboxylic acids is 1. The van der Waals surface area contributed by atoms with Gasteiger partial charge in [0.2, 0.25) is 5.43 Å². The van der Waals surface area contributed by atoms with E-state index < -0.39 is 11.4 Å². The highest BCUT2D eigenvalue weighted by Gasteiger charge is 2.18. The van der Waals surface area contributed by atoms with E-state index in [-0.39, 0.29) is 5.56 Å². The monoisotopic (exact) mass is 304 g/mol. The summed E-state index contributed by atoms with van der Waals surface area (Å²) in [5, 5.41) is 13.4. The number of carboxylic acids is 1. The molecular formula is C15H16N2O3S. The molecule has 2 rings (SSSR count). The second-order valence-corrected chi connectivity index (χ2v) is 5.38. The molecule has 0 aliphatic heterocycles. The first kappa shape index (κ1) is 15.3. The predicted octanol–water partition coefficient (Wildman–Crippen LogP) is 2.61. The number of carbonyl (C=O) groups is 1. The Kier molecular flexibility index (Phi) is 4.80. The van der Waals surface area contributed by atoms with Gasteiger partial charge in [0, 0.05) is 4.90 Å². The minimum absolute atomic E-state index is 0.194. The molecule has 2 aromatic rings. The Labute approximate surface area is 126 Å². The Bertz CT molecular complexity index is 708. The molecule has 6 heteroatoms. The van der Waals surface area contributed by atoms with Gasteiger partial charge in [0.05, 0.1) is 17.6 Å². The van der Waals surface area contributed by atoms with Gasteiger partial charge in [-0.15, -0.1) is 11.8 Å². The molecule has 0 atom stereocenters. The van der Waals surface area contributed by atoms with Crippen LogP contribution < -0.4 is 5.43 Å². The summed E-state index contributed by atoms with van der Waals surface area (Å²) < 4.78 is 1.54. The van der Waals surface area contributed by atoms with Gasteiger partial charge >= 0.3 is 5.97 Å². The molecule has 110 valence electrons. The molecule has 0 aliphatic rings. The summed E-state index contributed by atoms with van der Waals surface area (Å²) in [7, 11) is 0. The molecule has 0 spiro atoms. The van der Waals surface area contributed by atoms with Crippen LogP contribution in [0, 0.1) is 0 Å². The van der Waals surface area contributed by atoms with Crippen molar-refractivity contribution in [2.24, 2.45) is 0 Å². The van der Waals surface area contributed by atoms with Gasteiger partial charge in [0.1, 0.15) is 5.56 Å². The van der Waals surface area contributed by atoms with Crippen molar-refractivity contribution in [3.05, 3.63) is 51.9 Å². The fourth-order valence-electron chi connectivity index (χ4n) is 2.13. The SMILES string of the molecule is CCCc1c(C(=O)O)c(=O)cnn1-c1ccc(SC)cc1. The minimum atomic E-state index is -1.21. The van der Waals surface area contributed by atoms with Crippen molar-refractivity contribution in [2.45, 2.75) is 24.7 Å². The van der Waals surface area contributed by atoms with Crippen LogP contribution in [0.2, 0.25) is 0 Å². The summed E-state index contributed by atoms with van der Waals surface area (Å²) in [5.74, 6) is -1.21. The first-order valence-corrected chi connectivity index (χ1v) is 7.80. The summed E-state index contributed by atoms with van der Waals surface area (Å²) in [6, 6.07) is 7.62. The van der Waals surface area contributed by atoms with Gasteiger partial charge in [-0.1, -0.05) is 13.3 Å². The molecule has 1 aromatic heterocycles. The molecule has 0 amide bonds. The highest BCUT2D eigenvalue weighted by molar-refractivity contribution is 7.98. The zero-order valence-electron chi connectivity index (χ0n) is 11.9. The Morgan fingerprint density at radius 2 is 2.00 bits per heavy atom. The largest absolute Gasteiger partial charge is 0.477 e. The highest BCUT2D eigenvalue weighted by Crippen LogP contribution is 2.19. The van der Waals surface area contributed by atoms with Gasteiger partial charge in [0.25, 0.3) is 0 Å². The van der Waals surface area contributed by atoms with E-state index in [1.165, 1.54) is 0 Å². The van der Waals surface area contributed by atoms with Crippen LogP contribution in [0.5, 0.6) is 0 Å². The second-order valence-electron chi connectivity index (χ2n) is 4.50. The molecule has 0 radical (unpaired) electrons. The van der Waals surface area contributed by atoms with Crippen LogP contribution in [0.15, 0.2) is 40.2 Å². The molecule has 5 nitrogen and oxygen atoms in total. The first-order valence-electron chi connectivity index (χ1n) is 6.57. The molecule has 1 N–H and O–H groups in total. The third kappa shape index (κ3) is 3.16. The van der Waals surface area contributed by atoms with E-state index in [4.69, 9.17) is 0 Å². The van der Waals surface area contributed by atoms with Crippen LogP contribution in [-0.2, 0) is 6.42 Å². The van der Waals surface area contributed by atoms with Crippen LogP contribution in [-0.4, -0.2) is 27.1 Å². The number of rotatable bonds is 5. The Morgan fingerprint density at radius 3 is 2.52 bits per heavy atom. The lowest BCUT2D eigenvalue weighted by Gasteiger charge is -2.14. The standard InChI is InChI=1S/C15H16N2O3S/c1-3-4-12-14(15(19)20)13(18)9-16-17(12)10-5-7-11(21-2)8-6-10/h5-9H,3-4H2,1-2H3,(H,19,20). The van der Waals surface area contributed by atoms with Crippen molar-refractivity contribution in [3.63, 3.8) is 0 Å². The van der Waals surface area contributed by atoms with Gasteiger partial charge in [-0.05, 0) is 36.9 Å². The maximum Gasteiger partial charge on any atom is 0.341 e. The van der Waals surface area contributed by atoms with Gasteiger partial charge in [-0.25, -0.2) is 9.48 Å². The van der Waals surface area contributed by atoms with Crippen LogP contribution in [0.1, 0.15) is 29.4 Å². The maximum absolute atomic E-state index is 11.8. The highest BCUT2D eigenvalue weighted by atomic mass is 32.2. The second kappa shape index (κ2) is 6.58. The number of hydrogen-bond donors (Lipinski definition) is 1. The summed E-state index contributed by atoms with van der Waals surface area (Å²) >= 11 is 1.62. The number of benzene rings is 1. The van der Waals surface area contributed by atoms with Crippen molar-refractivity contribution in [1.82, 2.24) is 9.78 Å². The van der Waals surface area contributed by atoms with E-state index in [1.54, 1.807) is 16.4 Å². The molecule has 1 heterocycles. The third-order valence-corrected chi connectivity index (χ3v) is 3.84.